The van der Waals surface area contributed by atoms with Gasteiger partial charge in [-0.3, -0.25) is 14.4 Å². The Balaban J connectivity index is 1.49. The molecule has 0 spiro atoms. The summed E-state index contributed by atoms with van der Waals surface area (Å²) in [6.45, 7) is 2.05. The predicted octanol–water partition coefficient (Wildman–Crippen LogP) is 1.06. The van der Waals surface area contributed by atoms with Gasteiger partial charge in [-0.15, -0.1) is 0 Å². The largest absolute Gasteiger partial charge is 0.347 e. The van der Waals surface area contributed by atoms with Crippen LogP contribution < -0.4 is 10.6 Å². The quantitative estimate of drug-likeness (QED) is 0.860. The minimum absolute atomic E-state index is 0.0907. The van der Waals surface area contributed by atoms with E-state index in [1.165, 1.54) is 0 Å². The Morgan fingerprint density at radius 2 is 1.92 bits per heavy atom. The van der Waals surface area contributed by atoms with Crippen LogP contribution in [0.15, 0.2) is 42.5 Å². The molecule has 2 N–H and O–H groups in total. The number of fused-ring (bicyclic) bond motifs is 2. The second-order valence-electron chi connectivity index (χ2n) is 6.70. The summed E-state index contributed by atoms with van der Waals surface area (Å²) >= 11 is 0. The van der Waals surface area contributed by atoms with E-state index in [-0.39, 0.29) is 23.8 Å². The molecule has 2 aromatic carbocycles. The Bertz CT molecular complexity index is 879. The maximum atomic E-state index is 12.6. The number of amides is 3. The van der Waals surface area contributed by atoms with Gasteiger partial charge < -0.3 is 15.5 Å². The molecule has 4 rings (SSSR count). The molecule has 2 heterocycles. The highest BCUT2D eigenvalue weighted by atomic mass is 16.2. The van der Waals surface area contributed by atoms with E-state index < -0.39 is 12.1 Å². The summed E-state index contributed by atoms with van der Waals surface area (Å²) in [7, 11) is 0. The number of rotatable bonds is 2. The molecule has 2 fully saturated rings. The average molecular weight is 337 g/mol. The van der Waals surface area contributed by atoms with Crippen LogP contribution in [0, 0.1) is 0 Å². The van der Waals surface area contributed by atoms with Crippen molar-refractivity contribution < 1.29 is 14.4 Å². The second kappa shape index (κ2) is 5.88. The van der Waals surface area contributed by atoms with E-state index in [4.69, 9.17) is 0 Å². The van der Waals surface area contributed by atoms with Crippen LogP contribution in [-0.4, -0.2) is 47.3 Å². The molecule has 0 unspecified atom stereocenters. The van der Waals surface area contributed by atoms with E-state index in [2.05, 4.69) is 10.6 Å². The van der Waals surface area contributed by atoms with Gasteiger partial charge in [-0.1, -0.05) is 30.3 Å². The minimum atomic E-state index is -0.501. The SMILES string of the molecule is C[C@H]1NC(=O)[C@@H]2C[C@H](NC(=O)c3ccc4ccccc4c3)CN2C1=O. The molecule has 6 heteroatoms. The van der Waals surface area contributed by atoms with Gasteiger partial charge in [0.15, 0.2) is 0 Å². The highest BCUT2D eigenvalue weighted by molar-refractivity contribution is 6.00. The average Bonchev–Trinajstić information content (AvgIpc) is 3.04. The monoisotopic (exact) mass is 337 g/mol. The molecule has 2 aliphatic rings. The lowest BCUT2D eigenvalue weighted by atomic mass is 10.1. The van der Waals surface area contributed by atoms with E-state index >= 15 is 0 Å². The van der Waals surface area contributed by atoms with E-state index in [1.807, 2.05) is 36.4 Å². The number of nitrogens with one attached hydrogen (secondary N) is 2. The van der Waals surface area contributed by atoms with Gasteiger partial charge in [0, 0.05) is 18.2 Å². The molecule has 3 amide bonds. The molecule has 0 aliphatic carbocycles. The smallest absolute Gasteiger partial charge is 0.251 e. The molecule has 0 radical (unpaired) electrons. The van der Waals surface area contributed by atoms with Gasteiger partial charge in [0.2, 0.25) is 11.8 Å². The van der Waals surface area contributed by atoms with Crippen LogP contribution in [0.2, 0.25) is 0 Å². The fourth-order valence-corrected chi connectivity index (χ4v) is 3.65. The van der Waals surface area contributed by atoms with Crippen molar-refractivity contribution in [1.82, 2.24) is 15.5 Å². The van der Waals surface area contributed by atoms with E-state index in [0.717, 1.165) is 10.8 Å². The van der Waals surface area contributed by atoms with Gasteiger partial charge in [0.05, 0.1) is 0 Å². The van der Waals surface area contributed by atoms with E-state index in [0.29, 0.717) is 18.5 Å². The number of hydrogen-bond donors (Lipinski definition) is 2. The first kappa shape index (κ1) is 15.6. The molecular formula is C19H19N3O3. The fraction of sp³-hybridized carbons (Fsp3) is 0.316. The fourth-order valence-electron chi connectivity index (χ4n) is 3.65. The zero-order valence-electron chi connectivity index (χ0n) is 13.9. The van der Waals surface area contributed by atoms with Gasteiger partial charge in [0.25, 0.3) is 5.91 Å². The van der Waals surface area contributed by atoms with Crippen LogP contribution in [0.3, 0.4) is 0 Å². The van der Waals surface area contributed by atoms with Gasteiger partial charge in [-0.05, 0) is 36.2 Å². The van der Waals surface area contributed by atoms with Gasteiger partial charge in [-0.2, -0.15) is 0 Å². The Hall–Kier alpha value is -2.89. The second-order valence-corrected chi connectivity index (χ2v) is 6.70. The van der Waals surface area contributed by atoms with Crippen molar-refractivity contribution in [1.29, 1.82) is 0 Å². The first-order chi connectivity index (χ1) is 12.0. The summed E-state index contributed by atoms with van der Waals surface area (Å²) < 4.78 is 0. The first-order valence-corrected chi connectivity index (χ1v) is 8.43. The van der Waals surface area contributed by atoms with Crippen molar-refractivity contribution in [3.05, 3.63) is 48.0 Å². The topological polar surface area (TPSA) is 78.5 Å². The van der Waals surface area contributed by atoms with Crippen LogP contribution >= 0.6 is 0 Å². The molecular weight excluding hydrogens is 318 g/mol. The third-order valence-electron chi connectivity index (χ3n) is 4.96. The van der Waals surface area contributed by atoms with Crippen LogP contribution in [0.1, 0.15) is 23.7 Å². The molecule has 2 aliphatic heterocycles. The highest BCUT2D eigenvalue weighted by Crippen LogP contribution is 2.23. The van der Waals surface area contributed by atoms with E-state index in [9.17, 15) is 14.4 Å². The first-order valence-electron chi connectivity index (χ1n) is 8.43. The molecule has 6 nitrogen and oxygen atoms in total. The zero-order chi connectivity index (χ0) is 17.6. The Kier molecular flexibility index (Phi) is 3.67. The predicted molar refractivity (Wildman–Crippen MR) is 92.9 cm³/mol. The van der Waals surface area contributed by atoms with Crippen molar-refractivity contribution >= 4 is 28.5 Å². The highest BCUT2D eigenvalue weighted by Gasteiger charge is 2.45. The normalized spacial score (nSPS) is 25.6. The van der Waals surface area contributed by atoms with Crippen molar-refractivity contribution in [2.45, 2.75) is 31.5 Å². The lowest BCUT2D eigenvalue weighted by molar-refractivity contribution is -0.146. The van der Waals surface area contributed by atoms with Gasteiger partial charge in [-0.25, -0.2) is 0 Å². The molecule has 0 bridgehead atoms. The molecule has 3 atom stereocenters. The Morgan fingerprint density at radius 1 is 1.16 bits per heavy atom. The molecule has 128 valence electrons. The molecule has 0 saturated carbocycles. The molecule has 2 aromatic rings. The minimum Gasteiger partial charge on any atom is -0.347 e. The van der Waals surface area contributed by atoms with Crippen LogP contribution in [-0.2, 0) is 9.59 Å². The lowest BCUT2D eigenvalue weighted by Gasteiger charge is -2.32. The number of carbonyl (C=O) groups excluding carboxylic acids is 3. The summed E-state index contributed by atoms with van der Waals surface area (Å²) in [5.74, 6) is -0.418. The number of nitrogens with zero attached hydrogens (tertiary/aromatic N) is 1. The third-order valence-corrected chi connectivity index (χ3v) is 4.96. The maximum absolute atomic E-state index is 12.6. The number of benzene rings is 2. The third kappa shape index (κ3) is 2.73. The summed E-state index contributed by atoms with van der Waals surface area (Å²) in [5.41, 5.74) is 0.577. The molecule has 0 aromatic heterocycles. The summed E-state index contributed by atoms with van der Waals surface area (Å²) in [6, 6.07) is 12.2. The summed E-state index contributed by atoms with van der Waals surface area (Å²) in [6.07, 6.45) is 0.448. The van der Waals surface area contributed by atoms with Gasteiger partial charge >= 0.3 is 0 Å². The summed E-state index contributed by atoms with van der Waals surface area (Å²) in [5, 5.41) is 7.72. The van der Waals surface area contributed by atoms with Crippen LogP contribution in [0.5, 0.6) is 0 Å². The standard InChI is InChI=1S/C19H19N3O3/c1-11-19(25)22-10-15(9-16(22)18(24)20-11)21-17(23)14-7-6-12-4-2-3-5-13(12)8-14/h2-8,11,15-16H,9-10H2,1H3,(H,20,24)(H,21,23)/t11-,15+,16+/m1/s1. The number of piperazine rings is 1. The van der Waals surface area contributed by atoms with Crippen LogP contribution in [0.25, 0.3) is 10.8 Å². The van der Waals surface area contributed by atoms with Crippen LogP contribution in [0.4, 0.5) is 0 Å². The number of hydrogen-bond acceptors (Lipinski definition) is 3. The van der Waals surface area contributed by atoms with Crippen molar-refractivity contribution in [2.24, 2.45) is 0 Å². The molecule has 25 heavy (non-hydrogen) atoms. The lowest BCUT2D eigenvalue weighted by Crippen LogP contribution is -2.60. The Morgan fingerprint density at radius 3 is 2.72 bits per heavy atom. The number of carbonyl (C=O) groups is 3. The van der Waals surface area contributed by atoms with Crippen molar-refractivity contribution in [2.75, 3.05) is 6.54 Å². The summed E-state index contributed by atoms with van der Waals surface area (Å²) in [4.78, 5) is 38.4. The van der Waals surface area contributed by atoms with Crippen molar-refractivity contribution in [3.63, 3.8) is 0 Å². The zero-order valence-corrected chi connectivity index (χ0v) is 13.9. The van der Waals surface area contributed by atoms with Crippen molar-refractivity contribution in [3.8, 4) is 0 Å². The Labute approximate surface area is 145 Å². The molecule has 2 saturated heterocycles. The van der Waals surface area contributed by atoms with E-state index in [1.54, 1.807) is 17.9 Å². The maximum Gasteiger partial charge on any atom is 0.251 e. The van der Waals surface area contributed by atoms with Gasteiger partial charge in [0.1, 0.15) is 12.1 Å².